The van der Waals surface area contributed by atoms with Crippen LogP contribution in [-0.4, -0.2) is 0 Å². The fourth-order valence-corrected chi connectivity index (χ4v) is 16.0. The van der Waals surface area contributed by atoms with E-state index in [-0.39, 0.29) is 44.8 Å². The number of rotatable bonds is 6. The van der Waals surface area contributed by atoms with Crippen LogP contribution in [0.5, 0.6) is 0 Å². The van der Waals surface area contributed by atoms with Crippen LogP contribution in [-0.2, 0) is 44.8 Å². The molecule has 0 radical (unpaired) electrons. The van der Waals surface area contributed by atoms with E-state index in [2.05, 4.69) is 254 Å². The van der Waals surface area contributed by atoms with Gasteiger partial charge in [-0.15, -0.1) is 23.3 Å². The summed E-state index contributed by atoms with van der Waals surface area (Å²) in [5.41, 5.74) is 1.73. The van der Waals surface area contributed by atoms with Crippen molar-refractivity contribution in [2.24, 2.45) is 0 Å². The molecular weight excluding hydrogens is 1070 g/mol. The summed E-state index contributed by atoms with van der Waals surface area (Å²) < 4.78 is 0. The molecule has 0 heterocycles. The predicted molar refractivity (Wildman–Crippen MR) is 299 cm³/mol. The third kappa shape index (κ3) is 9.40. The number of benzene rings is 13. The third-order valence-corrected chi connectivity index (χ3v) is 18.8. The van der Waals surface area contributed by atoms with Crippen molar-refractivity contribution in [3.05, 3.63) is 279 Å². The minimum atomic E-state index is -1.14. The van der Waals surface area contributed by atoms with Gasteiger partial charge in [-0.1, -0.05) is 193 Å². The monoisotopic (exact) mass is 1110 g/mol. The molecule has 0 bridgehead atoms. The smallest absolute Gasteiger partial charge is 0.366 e. The van der Waals surface area contributed by atoms with E-state index in [1.54, 1.807) is 0 Å². The molecule has 0 unspecified atom stereocenters. The molecule has 13 aromatic rings. The summed E-state index contributed by atoms with van der Waals surface area (Å²) >= 11 is 0. The summed E-state index contributed by atoms with van der Waals surface area (Å²) in [6.45, 7) is 0. The van der Waals surface area contributed by atoms with Crippen molar-refractivity contribution in [1.82, 2.24) is 0 Å². The Kier molecular flexibility index (Phi) is 15.2. The van der Waals surface area contributed by atoms with E-state index < -0.39 is 15.8 Å². The Labute approximate surface area is 444 Å². The zero-order valence-electron chi connectivity index (χ0n) is 37.9. The summed E-state index contributed by atoms with van der Waals surface area (Å²) in [6, 6.07) is 91.3. The molecule has 4 heteroatoms. The quantitative estimate of drug-likeness (QED) is 0.0512. The third-order valence-electron chi connectivity index (χ3n) is 13.0. The first kappa shape index (κ1) is 48.4. The van der Waals surface area contributed by atoms with Crippen LogP contribution in [0.25, 0.3) is 64.6 Å². The van der Waals surface area contributed by atoms with E-state index in [9.17, 15) is 0 Å². The Morgan fingerprint density at radius 1 is 0.257 bits per heavy atom. The molecule has 338 valence electrons. The number of hydrogen-bond donors (Lipinski definition) is 0. The van der Waals surface area contributed by atoms with E-state index in [0.29, 0.717) is 0 Å². The first-order valence-electron chi connectivity index (χ1n) is 22.9. The van der Waals surface area contributed by atoms with E-state index >= 15 is 0 Å². The van der Waals surface area contributed by atoms with Crippen molar-refractivity contribution < 1.29 is 44.8 Å². The van der Waals surface area contributed by atoms with E-state index in [1.807, 2.05) is 12.1 Å². The second-order valence-corrected chi connectivity index (χ2v) is 21.8. The molecule has 0 saturated carbocycles. The van der Waals surface area contributed by atoms with Gasteiger partial charge in [0.25, 0.3) is 0 Å². The zero-order valence-corrected chi connectivity index (χ0v) is 42.8. The molecular formula is C66H44Ag2P2+2. The first-order chi connectivity index (χ1) is 33.7. The molecule has 70 heavy (non-hydrogen) atoms. The molecule has 0 amide bonds. The molecule has 0 fully saturated rings. The van der Waals surface area contributed by atoms with Crippen LogP contribution in [0.1, 0.15) is 11.1 Å². The molecule has 0 N–H and O–H groups in total. The Bertz CT molecular complexity index is 3600. The maximum atomic E-state index is 7.48. The van der Waals surface area contributed by atoms with Gasteiger partial charge in [0, 0.05) is 0 Å². The molecule has 0 aliphatic heterocycles. The van der Waals surface area contributed by atoms with Crippen molar-refractivity contribution in [1.29, 1.82) is 0 Å². The molecule has 0 atom stereocenters. The van der Waals surface area contributed by atoms with Crippen molar-refractivity contribution in [2.75, 3.05) is 0 Å². The molecule has 13 rings (SSSR count). The largest absolute Gasteiger partial charge is 1.00 e. The standard InChI is InChI=1S/C30H24P2.2C18H9.2Ag/c1-5-15-25(16-6-1)31(26-17-7-2-8-18-26)29-23-13-14-24-30(29)32(27-19-9-3-10-20-27)28-21-11-4-12-22-28;2*1-2-12-11-15-7-3-5-13-9-10-14-6-4-8-16(12)18(14)17(13)15;;/h1-24H;2*3-11H;;/q;2*-1;2*+1/p+2. The Balaban J connectivity index is 0.000000137. The van der Waals surface area contributed by atoms with E-state index in [0.717, 1.165) is 21.9 Å². The van der Waals surface area contributed by atoms with Crippen molar-refractivity contribution >= 4 is 112 Å². The van der Waals surface area contributed by atoms with Crippen LogP contribution in [0.15, 0.2) is 255 Å². The van der Waals surface area contributed by atoms with Gasteiger partial charge in [-0.3, -0.25) is 11.8 Å². The summed E-state index contributed by atoms with van der Waals surface area (Å²) in [5, 5.41) is 23.4. The Morgan fingerprint density at radius 3 is 0.843 bits per heavy atom. The van der Waals surface area contributed by atoms with Crippen molar-refractivity contribution in [3.63, 3.8) is 0 Å². The van der Waals surface area contributed by atoms with Crippen LogP contribution in [0, 0.1) is 24.7 Å². The summed E-state index contributed by atoms with van der Waals surface area (Å²) in [7, 11) is -2.28. The predicted octanol–water partition coefficient (Wildman–Crippen LogP) is 13.7. The second kappa shape index (κ2) is 22.0. The van der Waals surface area contributed by atoms with Crippen LogP contribution >= 0.6 is 15.8 Å². The van der Waals surface area contributed by atoms with Crippen LogP contribution in [0.2, 0.25) is 0 Å². The average molecular weight is 1110 g/mol. The first-order valence-corrected chi connectivity index (χ1v) is 25.9. The summed E-state index contributed by atoms with van der Waals surface area (Å²) in [4.78, 5) is 0. The van der Waals surface area contributed by atoms with Crippen LogP contribution < -0.4 is 31.8 Å². The Hall–Kier alpha value is -6.60. The molecule has 0 aromatic heterocycles. The van der Waals surface area contributed by atoms with E-state index in [1.165, 1.54) is 85.7 Å². The fourth-order valence-electron chi connectivity index (χ4n) is 10.0. The Morgan fingerprint density at radius 2 is 0.529 bits per heavy atom. The van der Waals surface area contributed by atoms with Gasteiger partial charge in [-0.25, -0.2) is 0 Å². The van der Waals surface area contributed by atoms with Crippen LogP contribution in [0.3, 0.4) is 0 Å². The fraction of sp³-hybridized carbons (Fsp3) is 0. The van der Waals surface area contributed by atoms with Crippen molar-refractivity contribution in [3.8, 4) is 11.8 Å². The minimum absolute atomic E-state index is 0. The maximum absolute atomic E-state index is 7.48. The zero-order chi connectivity index (χ0) is 45.8. The van der Waals surface area contributed by atoms with Gasteiger partial charge >= 0.3 is 44.8 Å². The second-order valence-electron chi connectivity index (χ2n) is 17.0. The summed E-state index contributed by atoms with van der Waals surface area (Å²) in [5.74, 6) is 5.12. The maximum Gasteiger partial charge on any atom is 1.00 e. The molecule has 0 spiro atoms. The van der Waals surface area contributed by atoms with Gasteiger partial charge in [0.05, 0.1) is 0 Å². The number of hydrogen-bond acceptors (Lipinski definition) is 0. The molecule has 0 aliphatic carbocycles. The topological polar surface area (TPSA) is 0 Å². The van der Waals surface area contributed by atoms with Crippen LogP contribution in [0.4, 0.5) is 0 Å². The molecule has 0 nitrogen and oxygen atoms in total. The molecule has 0 aliphatic rings. The summed E-state index contributed by atoms with van der Waals surface area (Å²) in [6.07, 6.45) is 15.0. The van der Waals surface area contributed by atoms with Gasteiger partial charge in [-0.05, 0) is 115 Å². The van der Waals surface area contributed by atoms with Crippen molar-refractivity contribution in [2.45, 2.75) is 0 Å². The average Bonchev–Trinajstić information content (AvgIpc) is 3.41. The molecule has 13 aromatic carbocycles. The molecule has 0 saturated heterocycles. The normalized spacial score (nSPS) is 10.9. The van der Waals surface area contributed by atoms with Gasteiger partial charge in [0.1, 0.15) is 47.7 Å². The van der Waals surface area contributed by atoms with Gasteiger partial charge in [0.2, 0.25) is 0 Å². The minimum Gasteiger partial charge on any atom is -0.366 e. The van der Waals surface area contributed by atoms with Gasteiger partial charge in [0.15, 0.2) is 0 Å². The SMILES string of the molecule is [Ag+].[Ag+].[C-]#Cc1cc2cccc3ccc4cccc1c4c32.[C-]#Cc1cc2cccc3ccc4cccc1c4c32.c1ccc([PH+](c2ccccc2)c2ccccc2[PH+](c2ccccc2)c2ccccc2)cc1. The van der Waals surface area contributed by atoms with Gasteiger partial charge in [-0.2, -0.15) is 0 Å². The van der Waals surface area contributed by atoms with Gasteiger partial charge < -0.3 is 12.8 Å². The van der Waals surface area contributed by atoms with E-state index in [4.69, 9.17) is 12.8 Å².